The van der Waals surface area contributed by atoms with Gasteiger partial charge >= 0.3 is 0 Å². The lowest BCUT2D eigenvalue weighted by molar-refractivity contribution is -0.151. The van der Waals surface area contributed by atoms with E-state index in [1.807, 2.05) is 6.92 Å². The molecule has 0 unspecified atom stereocenters. The Morgan fingerprint density at radius 2 is 1.76 bits per heavy atom. The molecule has 0 aliphatic carbocycles. The second-order valence-corrected chi connectivity index (χ2v) is 5.95. The van der Waals surface area contributed by atoms with E-state index >= 15 is 0 Å². The van der Waals surface area contributed by atoms with Gasteiger partial charge in [-0.2, -0.15) is 0 Å². The molecular weight excluding hydrogens is 216 g/mol. The molecule has 4 heteroatoms. The van der Waals surface area contributed by atoms with Crippen LogP contribution in [0.2, 0.25) is 0 Å². The number of carbonyl (C=O) groups is 2. The van der Waals surface area contributed by atoms with Gasteiger partial charge in [-0.3, -0.25) is 14.5 Å². The van der Waals surface area contributed by atoms with E-state index in [0.717, 1.165) is 25.9 Å². The smallest absolute Gasteiger partial charge is 0.229 e. The summed E-state index contributed by atoms with van der Waals surface area (Å²) in [5, 5.41) is 3.32. The summed E-state index contributed by atoms with van der Waals surface area (Å²) in [5.41, 5.74) is 0.108. The van der Waals surface area contributed by atoms with E-state index < -0.39 is 0 Å². The predicted octanol–water partition coefficient (Wildman–Crippen LogP) is 1.16. The molecular formula is C13H22N2O2. The lowest BCUT2D eigenvalue weighted by atomic mass is 9.80. The summed E-state index contributed by atoms with van der Waals surface area (Å²) in [4.78, 5) is 25.3. The van der Waals surface area contributed by atoms with Gasteiger partial charge in [-0.05, 0) is 37.3 Å². The van der Waals surface area contributed by atoms with Crippen LogP contribution in [0.15, 0.2) is 0 Å². The minimum Gasteiger partial charge on any atom is -0.317 e. The van der Waals surface area contributed by atoms with Gasteiger partial charge < -0.3 is 5.32 Å². The summed E-state index contributed by atoms with van der Waals surface area (Å²) in [6, 6.07) is 0. The molecule has 0 saturated carbocycles. The number of rotatable bonds is 2. The maximum atomic E-state index is 11.9. The van der Waals surface area contributed by atoms with Crippen LogP contribution >= 0.6 is 0 Å². The zero-order valence-electron chi connectivity index (χ0n) is 10.8. The van der Waals surface area contributed by atoms with Crippen LogP contribution in [0, 0.1) is 11.3 Å². The largest absolute Gasteiger partial charge is 0.317 e. The standard InChI is InChI=1S/C13H22N2O2/c1-10-7-11(16)15(12(17)8-10)9-13(2)3-5-14-6-4-13/h10,14H,3-9H2,1-2H3. The Morgan fingerprint density at radius 3 is 2.29 bits per heavy atom. The third kappa shape index (κ3) is 2.86. The van der Waals surface area contributed by atoms with Crippen molar-refractivity contribution < 1.29 is 9.59 Å². The zero-order valence-corrected chi connectivity index (χ0v) is 10.8. The van der Waals surface area contributed by atoms with Crippen LogP contribution in [0.3, 0.4) is 0 Å². The van der Waals surface area contributed by atoms with E-state index in [9.17, 15) is 9.59 Å². The van der Waals surface area contributed by atoms with Crippen LogP contribution in [-0.2, 0) is 9.59 Å². The molecule has 0 aromatic rings. The molecule has 2 aliphatic rings. The van der Waals surface area contributed by atoms with Gasteiger partial charge in [0.2, 0.25) is 11.8 Å². The van der Waals surface area contributed by atoms with E-state index in [4.69, 9.17) is 0 Å². The molecule has 2 fully saturated rings. The number of carbonyl (C=O) groups excluding carboxylic acids is 2. The van der Waals surface area contributed by atoms with Gasteiger partial charge in [-0.25, -0.2) is 0 Å². The Labute approximate surface area is 103 Å². The lowest BCUT2D eigenvalue weighted by Crippen LogP contribution is -2.50. The highest BCUT2D eigenvalue weighted by Crippen LogP contribution is 2.31. The van der Waals surface area contributed by atoms with Gasteiger partial charge in [0.1, 0.15) is 0 Å². The molecule has 2 rings (SSSR count). The Balaban J connectivity index is 2.01. The van der Waals surface area contributed by atoms with Crippen molar-refractivity contribution in [1.29, 1.82) is 0 Å². The average molecular weight is 238 g/mol. The number of piperidine rings is 2. The van der Waals surface area contributed by atoms with E-state index in [1.165, 1.54) is 4.90 Å². The monoisotopic (exact) mass is 238 g/mol. The third-order valence-electron chi connectivity index (χ3n) is 4.00. The minimum atomic E-state index is 0.0218. The quantitative estimate of drug-likeness (QED) is 0.734. The minimum absolute atomic E-state index is 0.0218. The molecule has 2 heterocycles. The van der Waals surface area contributed by atoms with Gasteiger partial charge in [0.15, 0.2) is 0 Å². The van der Waals surface area contributed by atoms with Crippen molar-refractivity contribution >= 4 is 11.8 Å². The number of likely N-dealkylation sites (tertiary alicyclic amines) is 1. The number of amides is 2. The maximum Gasteiger partial charge on any atom is 0.229 e. The Kier molecular flexibility index (Phi) is 3.52. The molecule has 0 bridgehead atoms. The van der Waals surface area contributed by atoms with E-state index in [0.29, 0.717) is 19.4 Å². The van der Waals surface area contributed by atoms with Gasteiger partial charge in [0, 0.05) is 19.4 Å². The zero-order chi connectivity index (χ0) is 12.5. The number of imide groups is 1. The van der Waals surface area contributed by atoms with Gasteiger partial charge in [0.25, 0.3) is 0 Å². The summed E-state index contributed by atoms with van der Waals surface area (Å²) < 4.78 is 0. The fourth-order valence-electron chi connectivity index (χ4n) is 2.77. The summed E-state index contributed by atoms with van der Waals surface area (Å²) in [6.07, 6.45) is 3.14. The fraction of sp³-hybridized carbons (Fsp3) is 0.846. The Morgan fingerprint density at radius 1 is 1.24 bits per heavy atom. The first-order chi connectivity index (χ1) is 8.00. The molecule has 0 atom stereocenters. The maximum absolute atomic E-state index is 11.9. The van der Waals surface area contributed by atoms with Crippen LogP contribution in [0.4, 0.5) is 0 Å². The molecule has 2 saturated heterocycles. The Bertz CT molecular complexity index is 303. The molecule has 17 heavy (non-hydrogen) atoms. The van der Waals surface area contributed by atoms with Crippen LogP contribution in [0.25, 0.3) is 0 Å². The molecule has 1 N–H and O–H groups in total. The molecule has 0 aromatic heterocycles. The highest BCUT2D eigenvalue weighted by Gasteiger charge is 2.36. The van der Waals surface area contributed by atoms with Crippen LogP contribution in [0.1, 0.15) is 39.5 Å². The molecule has 96 valence electrons. The van der Waals surface area contributed by atoms with Crippen molar-refractivity contribution in [3.05, 3.63) is 0 Å². The highest BCUT2D eigenvalue weighted by molar-refractivity contribution is 5.97. The first-order valence-corrected chi connectivity index (χ1v) is 6.54. The van der Waals surface area contributed by atoms with Crippen LogP contribution < -0.4 is 5.32 Å². The fourth-order valence-corrected chi connectivity index (χ4v) is 2.77. The number of nitrogens with one attached hydrogen (secondary N) is 1. The molecule has 0 aromatic carbocycles. The van der Waals surface area contributed by atoms with Crippen molar-refractivity contribution in [1.82, 2.24) is 10.2 Å². The van der Waals surface area contributed by atoms with Crippen LogP contribution in [0.5, 0.6) is 0 Å². The van der Waals surface area contributed by atoms with Gasteiger partial charge in [-0.15, -0.1) is 0 Å². The molecule has 2 amide bonds. The number of hydrogen-bond donors (Lipinski definition) is 1. The molecule has 2 aliphatic heterocycles. The SMILES string of the molecule is CC1CC(=O)N(CC2(C)CCNCC2)C(=O)C1. The number of hydrogen-bond acceptors (Lipinski definition) is 3. The van der Waals surface area contributed by atoms with E-state index in [-0.39, 0.29) is 23.1 Å². The average Bonchev–Trinajstić information content (AvgIpc) is 2.24. The number of nitrogens with zero attached hydrogens (tertiary/aromatic N) is 1. The predicted molar refractivity (Wildman–Crippen MR) is 65.3 cm³/mol. The van der Waals surface area contributed by atoms with Crippen LogP contribution in [-0.4, -0.2) is 36.3 Å². The van der Waals surface area contributed by atoms with Crippen molar-refractivity contribution in [3.63, 3.8) is 0 Å². The lowest BCUT2D eigenvalue weighted by Gasteiger charge is -2.39. The highest BCUT2D eigenvalue weighted by atomic mass is 16.2. The normalized spacial score (nSPS) is 26.4. The van der Waals surface area contributed by atoms with Crippen molar-refractivity contribution in [2.75, 3.05) is 19.6 Å². The van der Waals surface area contributed by atoms with Gasteiger partial charge in [0.05, 0.1) is 0 Å². The third-order valence-corrected chi connectivity index (χ3v) is 4.00. The summed E-state index contributed by atoms with van der Waals surface area (Å²) in [5.74, 6) is 0.258. The van der Waals surface area contributed by atoms with Gasteiger partial charge in [-0.1, -0.05) is 13.8 Å². The van der Waals surface area contributed by atoms with Crippen molar-refractivity contribution in [2.24, 2.45) is 11.3 Å². The van der Waals surface area contributed by atoms with E-state index in [1.54, 1.807) is 0 Å². The van der Waals surface area contributed by atoms with Crippen molar-refractivity contribution in [2.45, 2.75) is 39.5 Å². The molecule has 4 nitrogen and oxygen atoms in total. The Hall–Kier alpha value is -0.900. The molecule has 0 radical (unpaired) electrons. The summed E-state index contributed by atoms with van der Waals surface area (Å²) in [7, 11) is 0. The topological polar surface area (TPSA) is 49.4 Å². The van der Waals surface area contributed by atoms with E-state index in [2.05, 4.69) is 12.2 Å². The first kappa shape index (κ1) is 12.6. The second-order valence-electron chi connectivity index (χ2n) is 5.95. The van der Waals surface area contributed by atoms with Crippen molar-refractivity contribution in [3.8, 4) is 0 Å². The summed E-state index contributed by atoms with van der Waals surface area (Å²) in [6.45, 7) is 6.75. The molecule has 0 spiro atoms. The second kappa shape index (κ2) is 4.77. The summed E-state index contributed by atoms with van der Waals surface area (Å²) >= 11 is 0. The first-order valence-electron chi connectivity index (χ1n) is 6.54.